The van der Waals surface area contributed by atoms with E-state index in [1.165, 1.54) is 11.1 Å². The zero-order chi connectivity index (χ0) is 10.7. The molecule has 0 aliphatic rings. The molecule has 1 unspecified atom stereocenters. The molecule has 0 N–H and O–H groups in total. The zero-order valence-corrected chi connectivity index (χ0v) is 10.7. The third kappa shape index (κ3) is 2.48. The third-order valence-electron chi connectivity index (χ3n) is 2.23. The van der Waals surface area contributed by atoms with Gasteiger partial charge in [-0.2, -0.15) is 11.3 Å². The van der Waals surface area contributed by atoms with Crippen LogP contribution in [0.1, 0.15) is 17.2 Å². The molecule has 1 heterocycles. The van der Waals surface area contributed by atoms with Crippen molar-refractivity contribution < 1.29 is 4.74 Å². The summed E-state index contributed by atoms with van der Waals surface area (Å²) in [5.41, 5.74) is 2.38. The summed E-state index contributed by atoms with van der Waals surface area (Å²) in [6.45, 7) is 0. The van der Waals surface area contributed by atoms with Gasteiger partial charge in [0.15, 0.2) is 0 Å². The quantitative estimate of drug-likeness (QED) is 0.818. The van der Waals surface area contributed by atoms with Gasteiger partial charge in [-0.25, -0.2) is 0 Å². The standard InChI is InChI=1S/C12H11BrOS/c1-14-12(10-5-6-15-8-10)9-3-2-4-11(13)7-9/h2-8,12H,1H3. The van der Waals surface area contributed by atoms with Crippen molar-refractivity contribution in [1.82, 2.24) is 0 Å². The molecule has 1 aromatic carbocycles. The van der Waals surface area contributed by atoms with Crippen LogP contribution in [0.4, 0.5) is 0 Å². The normalized spacial score (nSPS) is 12.7. The maximum absolute atomic E-state index is 5.52. The Labute approximate surface area is 102 Å². The predicted octanol–water partition coefficient (Wildman–Crippen LogP) is 4.25. The second-order valence-corrected chi connectivity index (χ2v) is 4.92. The maximum Gasteiger partial charge on any atom is 0.108 e. The lowest BCUT2D eigenvalue weighted by Gasteiger charge is -2.14. The number of hydrogen-bond donors (Lipinski definition) is 0. The molecule has 2 aromatic rings. The van der Waals surface area contributed by atoms with Crippen molar-refractivity contribution in [3.8, 4) is 0 Å². The zero-order valence-electron chi connectivity index (χ0n) is 8.31. The molecule has 3 heteroatoms. The van der Waals surface area contributed by atoms with Crippen molar-refractivity contribution in [2.75, 3.05) is 7.11 Å². The van der Waals surface area contributed by atoms with Crippen LogP contribution in [0.5, 0.6) is 0 Å². The van der Waals surface area contributed by atoms with Gasteiger partial charge < -0.3 is 4.74 Å². The molecule has 1 aromatic heterocycles. The second-order valence-electron chi connectivity index (χ2n) is 3.23. The largest absolute Gasteiger partial charge is 0.372 e. The van der Waals surface area contributed by atoms with Crippen molar-refractivity contribution in [3.63, 3.8) is 0 Å². The Morgan fingerprint density at radius 2 is 2.13 bits per heavy atom. The molecular weight excluding hydrogens is 272 g/mol. The summed E-state index contributed by atoms with van der Waals surface area (Å²) in [6.07, 6.45) is 0.0359. The van der Waals surface area contributed by atoms with E-state index in [9.17, 15) is 0 Å². The fourth-order valence-electron chi connectivity index (χ4n) is 1.56. The summed E-state index contributed by atoms with van der Waals surface area (Å²) in [4.78, 5) is 0. The van der Waals surface area contributed by atoms with E-state index in [1.54, 1.807) is 18.4 Å². The van der Waals surface area contributed by atoms with Crippen LogP contribution in [0.2, 0.25) is 0 Å². The molecule has 0 aliphatic heterocycles. The second kappa shape index (κ2) is 4.92. The highest BCUT2D eigenvalue weighted by atomic mass is 79.9. The molecule has 0 radical (unpaired) electrons. The van der Waals surface area contributed by atoms with Gasteiger partial charge in [0.05, 0.1) is 0 Å². The van der Waals surface area contributed by atoms with Crippen molar-refractivity contribution in [3.05, 3.63) is 56.7 Å². The van der Waals surface area contributed by atoms with Crippen molar-refractivity contribution >= 4 is 27.3 Å². The lowest BCUT2D eigenvalue weighted by Crippen LogP contribution is -2.01. The van der Waals surface area contributed by atoms with Crippen molar-refractivity contribution in [1.29, 1.82) is 0 Å². The van der Waals surface area contributed by atoms with E-state index >= 15 is 0 Å². The van der Waals surface area contributed by atoms with Crippen LogP contribution in [0.15, 0.2) is 45.6 Å². The molecule has 15 heavy (non-hydrogen) atoms. The average Bonchev–Trinajstić information content (AvgIpc) is 2.72. The Bertz CT molecular complexity index is 425. The van der Waals surface area contributed by atoms with Crippen LogP contribution in [-0.4, -0.2) is 7.11 Å². The first-order valence-electron chi connectivity index (χ1n) is 4.61. The van der Waals surface area contributed by atoms with E-state index in [-0.39, 0.29) is 6.10 Å². The van der Waals surface area contributed by atoms with Gasteiger partial charge >= 0.3 is 0 Å². The lowest BCUT2D eigenvalue weighted by molar-refractivity contribution is 0.137. The molecule has 1 nitrogen and oxygen atoms in total. The topological polar surface area (TPSA) is 9.23 Å². The van der Waals surface area contributed by atoms with Crippen LogP contribution >= 0.6 is 27.3 Å². The molecule has 0 amide bonds. The maximum atomic E-state index is 5.52. The number of ether oxygens (including phenoxy) is 1. The van der Waals surface area contributed by atoms with E-state index in [2.05, 4.69) is 44.9 Å². The van der Waals surface area contributed by atoms with Crippen LogP contribution in [-0.2, 0) is 4.74 Å². The fourth-order valence-corrected chi connectivity index (χ4v) is 2.65. The molecule has 0 spiro atoms. The average molecular weight is 283 g/mol. The molecule has 0 aliphatic carbocycles. The monoisotopic (exact) mass is 282 g/mol. The van der Waals surface area contributed by atoms with E-state index in [0.717, 1.165) is 4.47 Å². The minimum Gasteiger partial charge on any atom is -0.372 e. The third-order valence-corrected chi connectivity index (χ3v) is 3.43. The molecule has 78 valence electrons. The van der Waals surface area contributed by atoms with Gasteiger partial charge in [0.25, 0.3) is 0 Å². The van der Waals surface area contributed by atoms with Gasteiger partial charge in [-0.05, 0) is 40.1 Å². The van der Waals surface area contributed by atoms with Crippen molar-refractivity contribution in [2.24, 2.45) is 0 Å². The minimum absolute atomic E-state index is 0.0359. The highest BCUT2D eigenvalue weighted by molar-refractivity contribution is 9.10. The highest BCUT2D eigenvalue weighted by Crippen LogP contribution is 2.28. The number of halogens is 1. The summed E-state index contributed by atoms with van der Waals surface area (Å²) in [5, 5.41) is 4.19. The van der Waals surface area contributed by atoms with Crippen LogP contribution in [0.3, 0.4) is 0 Å². The first kappa shape index (κ1) is 10.9. The first-order chi connectivity index (χ1) is 7.31. The number of thiophene rings is 1. The van der Waals surface area contributed by atoms with Crippen molar-refractivity contribution in [2.45, 2.75) is 6.10 Å². The number of methoxy groups -OCH3 is 1. The SMILES string of the molecule is COC(c1ccsc1)c1cccc(Br)c1. The Morgan fingerprint density at radius 3 is 2.73 bits per heavy atom. The molecular formula is C12H11BrOS. The summed E-state index contributed by atoms with van der Waals surface area (Å²) < 4.78 is 6.60. The molecule has 0 saturated carbocycles. The van der Waals surface area contributed by atoms with Gasteiger partial charge in [-0.3, -0.25) is 0 Å². The lowest BCUT2D eigenvalue weighted by atomic mass is 10.0. The Balaban J connectivity index is 2.35. The van der Waals surface area contributed by atoms with Crippen LogP contribution < -0.4 is 0 Å². The van der Waals surface area contributed by atoms with Crippen LogP contribution in [0.25, 0.3) is 0 Å². The van der Waals surface area contributed by atoms with E-state index in [4.69, 9.17) is 4.74 Å². The Kier molecular flexibility index (Phi) is 3.57. The summed E-state index contributed by atoms with van der Waals surface area (Å²) in [6, 6.07) is 10.3. The first-order valence-corrected chi connectivity index (χ1v) is 6.35. The fraction of sp³-hybridized carbons (Fsp3) is 0.167. The summed E-state index contributed by atoms with van der Waals surface area (Å²) in [7, 11) is 1.74. The Hall–Kier alpha value is -0.640. The number of benzene rings is 1. The van der Waals surface area contributed by atoms with Gasteiger partial charge in [-0.15, -0.1) is 0 Å². The Morgan fingerprint density at radius 1 is 1.27 bits per heavy atom. The smallest absolute Gasteiger partial charge is 0.108 e. The van der Waals surface area contributed by atoms with Gasteiger partial charge in [0.1, 0.15) is 6.10 Å². The van der Waals surface area contributed by atoms with E-state index in [1.807, 2.05) is 12.1 Å². The highest BCUT2D eigenvalue weighted by Gasteiger charge is 2.13. The minimum atomic E-state index is 0.0359. The summed E-state index contributed by atoms with van der Waals surface area (Å²) >= 11 is 5.16. The van der Waals surface area contributed by atoms with Crippen LogP contribution in [0, 0.1) is 0 Å². The van der Waals surface area contributed by atoms with E-state index < -0.39 is 0 Å². The number of rotatable bonds is 3. The van der Waals surface area contributed by atoms with Gasteiger partial charge in [-0.1, -0.05) is 28.1 Å². The molecule has 0 fully saturated rings. The summed E-state index contributed by atoms with van der Waals surface area (Å²) in [5.74, 6) is 0. The molecule has 0 saturated heterocycles. The van der Waals surface area contributed by atoms with Gasteiger partial charge in [0.2, 0.25) is 0 Å². The predicted molar refractivity (Wildman–Crippen MR) is 67.3 cm³/mol. The number of hydrogen-bond acceptors (Lipinski definition) is 2. The van der Waals surface area contributed by atoms with E-state index in [0.29, 0.717) is 0 Å². The molecule has 0 bridgehead atoms. The molecule has 2 rings (SSSR count). The molecule has 1 atom stereocenters. The van der Waals surface area contributed by atoms with Gasteiger partial charge in [0, 0.05) is 11.6 Å².